The van der Waals surface area contributed by atoms with Crippen LogP contribution in [-0.2, 0) is 10.4 Å². The van der Waals surface area contributed by atoms with Crippen molar-refractivity contribution in [3.8, 4) is 5.69 Å². The zero-order chi connectivity index (χ0) is 20.1. The van der Waals surface area contributed by atoms with Crippen molar-refractivity contribution in [3.05, 3.63) is 59.5 Å². The average Bonchev–Trinajstić information content (AvgIpc) is 3.28. The van der Waals surface area contributed by atoms with Crippen LogP contribution in [-0.4, -0.2) is 37.2 Å². The predicted octanol–water partition coefficient (Wildman–Crippen LogP) is 2.84. The molecule has 2 unspecified atom stereocenters. The highest BCUT2D eigenvalue weighted by Gasteiger charge is 2.60. The number of nitrogens with zero attached hydrogens (tertiary/aromatic N) is 3. The number of aromatic amines is 1. The van der Waals surface area contributed by atoms with E-state index in [9.17, 15) is 23.1 Å². The molecule has 4 rings (SSSR count). The molecule has 10 heteroatoms. The van der Waals surface area contributed by atoms with Crippen molar-refractivity contribution in [3.63, 3.8) is 0 Å². The number of alkyl halides is 3. The molecule has 1 aliphatic rings. The van der Waals surface area contributed by atoms with E-state index in [0.29, 0.717) is 5.56 Å². The highest BCUT2D eigenvalue weighted by Crippen LogP contribution is 2.49. The molecule has 1 aliphatic heterocycles. The van der Waals surface area contributed by atoms with E-state index in [4.69, 9.17) is 0 Å². The maximum absolute atomic E-state index is 13.6. The summed E-state index contributed by atoms with van der Waals surface area (Å²) in [5.41, 5.74) is -2.36. The Labute approximate surface area is 157 Å². The topological polar surface area (TPSA) is 95.8 Å². The first-order chi connectivity index (χ1) is 13.2. The normalized spacial score (nSPS) is 20.5. The molecular formula is C18H16F3N5O2. The standard InChI is InChI=1S/C18H16F3N5O2/c1-10(11-8-22-26(9-11)12-5-3-2-4-6-12)15-14-16(25-24-15)23-13(27)7-17(14,28)18(19,20)21/h2-6,8-10,28H,7H2,1H3,(H2,23,24,25,27). The second kappa shape index (κ2) is 6.20. The Morgan fingerprint density at radius 3 is 2.68 bits per heavy atom. The molecule has 28 heavy (non-hydrogen) atoms. The van der Waals surface area contributed by atoms with Crippen LogP contribution in [0.15, 0.2) is 42.7 Å². The molecule has 3 aromatic rings. The minimum atomic E-state index is -5.04. The summed E-state index contributed by atoms with van der Waals surface area (Å²) in [7, 11) is 0. The molecule has 146 valence electrons. The van der Waals surface area contributed by atoms with Crippen molar-refractivity contribution >= 4 is 11.7 Å². The van der Waals surface area contributed by atoms with Crippen LogP contribution in [0.5, 0.6) is 0 Å². The number of rotatable bonds is 3. The monoisotopic (exact) mass is 391 g/mol. The van der Waals surface area contributed by atoms with Gasteiger partial charge in [-0.25, -0.2) is 4.68 Å². The van der Waals surface area contributed by atoms with Crippen LogP contribution in [0.4, 0.5) is 19.0 Å². The summed E-state index contributed by atoms with van der Waals surface area (Å²) >= 11 is 0. The number of amides is 1. The van der Waals surface area contributed by atoms with E-state index in [1.807, 2.05) is 30.3 Å². The van der Waals surface area contributed by atoms with Crippen molar-refractivity contribution < 1.29 is 23.1 Å². The third kappa shape index (κ3) is 2.76. The number of hydrogen-bond donors (Lipinski definition) is 3. The fraction of sp³-hybridized carbons (Fsp3) is 0.278. The molecule has 0 bridgehead atoms. The van der Waals surface area contributed by atoms with Crippen molar-refractivity contribution in [1.82, 2.24) is 20.0 Å². The maximum Gasteiger partial charge on any atom is 0.422 e. The Hall–Kier alpha value is -3.14. The van der Waals surface area contributed by atoms with Gasteiger partial charge in [-0.3, -0.25) is 9.89 Å². The molecule has 2 aromatic heterocycles. The molecule has 0 saturated heterocycles. The van der Waals surface area contributed by atoms with E-state index in [2.05, 4.69) is 20.6 Å². The summed E-state index contributed by atoms with van der Waals surface area (Å²) < 4.78 is 42.5. The summed E-state index contributed by atoms with van der Waals surface area (Å²) in [5, 5.41) is 23.3. The molecule has 0 saturated carbocycles. The zero-order valence-corrected chi connectivity index (χ0v) is 14.7. The number of benzene rings is 1. The molecule has 1 aromatic carbocycles. The van der Waals surface area contributed by atoms with E-state index < -0.39 is 35.6 Å². The minimum absolute atomic E-state index is 0.00226. The lowest BCUT2D eigenvalue weighted by Crippen LogP contribution is -2.48. The molecule has 0 aliphatic carbocycles. The van der Waals surface area contributed by atoms with Crippen LogP contribution in [0.3, 0.4) is 0 Å². The lowest BCUT2D eigenvalue weighted by molar-refractivity contribution is -0.267. The second-order valence-electron chi connectivity index (χ2n) is 6.72. The quantitative estimate of drug-likeness (QED) is 0.640. The van der Waals surface area contributed by atoms with Gasteiger partial charge >= 0.3 is 6.18 Å². The van der Waals surface area contributed by atoms with Crippen LogP contribution in [0, 0.1) is 0 Å². The van der Waals surface area contributed by atoms with Gasteiger partial charge in [0.2, 0.25) is 5.91 Å². The fourth-order valence-electron chi connectivity index (χ4n) is 3.36. The first kappa shape index (κ1) is 18.2. The Kier molecular flexibility index (Phi) is 4.03. The van der Waals surface area contributed by atoms with Crippen molar-refractivity contribution in [2.75, 3.05) is 5.32 Å². The number of nitrogens with one attached hydrogen (secondary N) is 2. The van der Waals surface area contributed by atoms with Gasteiger partial charge < -0.3 is 10.4 Å². The number of halogens is 3. The number of para-hydroxylation sites is 1. The van der Waals surface area contributed by atoms with Gasteiger partial charge in [0.05, 0.1) is 29.6 Å². The summed E-state index contributed by atoms with van der Waals surface area (Å²) in [6.45, 7) is 1.66. The van der Waals surface area contributed by atoms with Gasteiger partial charge in [-0.2, -0.15) is 23.4 Å². The van der Waals surface area contributed by atoms with Gasteiger partial charge in [0.15, 0.2) is 5.60 Å². The van der Waals surface area contributed by atoms with Crippen LogP contribution in [0.25, 0.3) is 5.69 Å². The molecule has 0 fully saturated rings. The molecule has 0 spiro atoms. The average molecular weight is 391 g/mol. The summed E-state index contributed by atoms with van der Waals surface area (Å²) in [6, 6.07) is 9.23. The summed E-state index contributed by atoms with van der Waals surface area (Å²) in [6.07, 6.45) is -2.93. The van der Waals surface area contributed by atoms with Gasteiger partial charge in [0.1, 0.15) is 5.82 Å². The van der Waals surface area contributed by atoms with E-state index in [0.717, 1.165) is 5.69 Å². The lowest BCUT2D eigenvalue weighted by atomic mass is 9.82. The Morgan fingerprint density at radius 2 is 2.00 bits per heavy atom. The number of carbonyl (C=O) groups is 1. The van der Waals surface area contributed by atoms with Crippen LogP contribution < -0.4 is 5.32 Å². The van der Waals surface area contributed by atoms with E-state index in [1.54, 1.807) is 17.8 Å². The van der Waals surface area contributed by atoms with Crippen LogP contribution >= 0.6 is 0 Å². The van der Waals surface area contributed by atoms with Crippen LogP contribution in [0.1, 0.15) is 36.1 Å². The molecule has 2 atom stereocenters. The van der Waals surface area contributed by atoms with Gasteiger partial charge in [-0.05, 0) is 17.7 Å². The molecule has 0 radical (unpaired) electrons. The number of carbonyl (C=O) groups excluding carboxylic acids is 1. The SMILES string of the molecule is CC(c1cnn(-c2ccccc2)c1)c1n[nH]c2c1C(O)(C(F)(F)F)CC(=O)N2. The fourth-order valence-corrected chi connectivity index (χ4v) is 3.36. The maximum atomic E-state index is 13.6. The van der Waals surface area contributed by atoms with Gasteiger partial charge in [0.25, 0.3) is 0 Å². The first-order valence-corrected chi connectivity index (χ1v) is 8.48. The molecule has 7 nitrogen and oxygen atoms in total. The van der Waals surface area contributed by atoms with Crippen molar-refractivity contribution in [2.24, 2.45) is 0 Å². The van der Waals surface area contributed by atoms with Crippen molar-refractivity contribution in [1.29, 1.82) is 0 Å². The number of aliphatic hydroxyl groups is 1. The number of anilines is 1. The zero-order valence-electron chi connectivity index (χ0n) is 14.7. The molecule has 3 N–H and O–H groups in total. The smallest absolute Gasteiger partial charge is 0.376 e. The first-order valence-electron chi connectivity index (χ1n) is 8.48. The molecular weight excluding hydrogens is 375 g/mol. The number of fused-ring (bicyclic) bond motifs is 1. The lowest BCUT2D eigenvalue weighted by Gasteiger charge is -2.34. The summed E-state index contributed by atoms with van der Waals surface area (Å²) in [4.78, 5) is 11.7. The van der Waals surface area contributed by atoms with Gasteiger partial charge in [-0.1, -0.05) is 25.1 Å². The summed E-state index contributed by atoms with van der Waals surface area (Å²) in [5.74, 6) is -1.79. The van der Waals surface area contributed by atoms with E-state index >= 15 is 0 Å². The number of hydrogen-bond acceptors (Lipinski definition) is 4. The molecule has 1 amide bonds. The van der Waals surface area contributed by atoms with Crippen LogP contribution in [0.2, 0.25) is 0 Å². The van der Waals surface area contributed by atoms with Crippen molar-refractivity contribution in [2.45, 2.75) is 31.0 Å². The Bertz CT molecular complexity index is 1030. The third-order valence-electron chi connectivity index (χ3n) is 4.89. The minimum Gasteiger partial charge on any atom is -0.376 e. The second-order valence-corrected chi connectivity index (χ2v) is 6.72. The largest absolute Gasteiger partial charge is 0.422 e. The highest BCUT2D eigenvalue weighted by atomic mass is 19.4. The Balaban J connectivity index is 1.76. The highest BCUT2D eigenvalue weighted by molar-refractivity contribution is 5.94. The Morgan fingerprint density at radius 1 is 1.29 bits per heavy atom. The third-order valence-corrected chi connectivity index (χ3v) is 4.89. The van der Waals surface area contributed by atoms with Gasteiger partial charge in [0, 0.05) is 12.1 Å². The van der Waals surface area contributed by atoms with Gasteiger partial charge in [-0.15, -0.1) is 0 Å². The number of aromatic nitrogens is 4. The number of H-pyrrole nitrogens is 1. The predicted molar refractivity (Wildman–Crippen MR) is 92.9 cm³/mol. The van der Waals surface area contributed by atoms with E-state index in [1.165, 1.54) is 6.20 Å². The van der Waals surface area contributed by atoms with E-state index in [-0.39, 0.29) is 11.5 Å². The molecule has 3 heterocycles.